The Kier molecular flexibility index (Phi) is 10.0. The number of nitrogens with zero attached hydrogens (tertiary/aromatic N) is 3. The fourth-order valence-corrected chi connectivity index (χ4v) is 4.73. The molecule has 2 aromatic carbocycles. The van der Waals surface area contributed by atoms with Crippen LogP contribution in [0, 0.1) is 5.41 Å². The summed E-state index contributed by atoms with van der Waals surface area (Å²) in [5.74, 6) is -1.25. The van der Waals surface area contributed by atoms with Gasteiger partial charge in [0.2, 0.25) is 0 Å². The maximum absolute atomic E-state index is 12.6. The lowest BCUT2D eigenvalue weighted by Gasteiger charge is -2.35. The third kappa shape index (κ3) is 7.89. The minimum atomic E-state index is -0.500. The highest BCUT2D eigenvalue weighted by atomic mass is 16.6. The Hall–Kier alpha value is -4.29. The molecule has 12 heteroatoms. The van der Waals surface area contributed by atoms with E-state index in [1.54, 1.807) is 36.1 Å². The van der Waals surface area contributed by atoms with Crippen molar-refractivity contribution in [1.82, 2.24) is 15.1 Å². The SMILES string of the molecule is CCOC(=O)CCN1CCN(CC2CN(c3ccc(C(=N)NC(=O)c4ccc(C(=O)OC)cc4)cc3)C(=O)O2)CC1. The van der Waals surface area contributed by atoms with Crippen molar-refractivity contribution in [2.24, 2.45) is 0 Å². The fourth-order valence-electron chi connectivity index (χ4n) is 4.73. The number of cyclic esters (lactones) is 1. The van der Waals surface area contributed by atoms with E-state index in [0.29, 0.717) is 55.0 Å². The monoisotopic (exact) mass is 565 g/mol. The number of carbonyl (C=O) groups is 4. The molecule has 41 heavy (non-hydrogen) atoms. The number of ether oxygens (including phenoxy) is 3. The van der Waals surface area contributed by atoms with Gasteiger partial charge in [0.1, 0.15) is 11.9 Å². The average molecular weight is 566 g/mol. The number of amides is 2. The number of carbonyl (C=O) groups excluding carboxylic acids is 4. The molecule has 1 atom stereocenters. The lowest BCUT2D eigenvalue weighted by molar-refractivity contribution is -0.143. The maximum Gasteiger partial charge on any atom is 0.414 e. The first-order valence-electron chi connectivity index (χ1n) is 13.5. The summed E-state index contributed by atoms with van der Waals surface area (Å²) in [5, 5.41) is 10.8. The van der Waals surface area contributed by atoms with Crippen LogP contribution in [-0.4, -0.2) is 105 Å². The molecule has 218 valence electrons. The van der Waals surface area contributed by atoms with Gasteiger partial charge in [0.25, 0.3) is 5.91 Å². The standard InChI is InChI=1S/C29H35N5O7/c1-3-40-25(35)12-13-32-14-16-33(17-15-32)18-24-19-34(29(38)41-24)23-10-8-20(9-11-23)26(30)31-27(36)21-4-6-22(7-5-21)28(37)39-2/h4-11,24H,3,12-19H2,1-2H3,(H2,30,31,36). The van der Waals surface area contributed by atoms with Crippen molar-refractivity contribution in [2.75, 3.05) is 64.4 Å². The topological polar surface area (TPSA) is 142 Å². The molecule has 4 rings (SSSR count). The number of esters is 2. The lowest BCUT2D eigenvalue weighted by Crippen LogP contribution is -2.49. The summed E-state index contributed by atoms with van der Waals surface area (Å²) in [6.07, 6.45) is -0.300. The van der Waals surface area contributed by atoms with E-state index in [2.05, 4.69) is 19.9 Å². The van der Waals surface area contributed by atoms with Gasteiger partial charge in [-0.3, -0.25) is 24.8 Å². The molecule has 0 spiro atoms. The predicted octanol–water partition coefficient (Wildman–Crippen LogP) is 2.12. The molecule has 2 amide bonds. The number of rotatable bonds is 10. The quantitative estimate of drug-likeness (QED) is 0.192. The number of benzene rings is 2. The third-order valence-corrected chi connectivity index (χ3v) is 7.01. The van der Waals surface area contributed by atoms with E-state index in [9.17, 15) is 19.2 Å². The van der Waals surface area contributed by atoms with Gasteiger partial charge in [0.05, 0.1) is 32.2 Å². The number of hydrogen-bond acceptors (Lipinski definition) is 10. The van der Waals surface area contributed by atoms with Gasteiger partial charge in [0, 0.05) is 56.1 Å². The molecule has 0 aliphatic carbocycles. The zero-order chi connectivity index (χ0) is 29.4. The van der Waals surface area contributed by atoms with Crippen LogP contribution in [0.15, 0.2) is 48.5 Å². The second-order valence-corrected chi connectivity index (χ2v) is 9.76. The van der Waals surface area contributed by atoms with Crippen LogP contribution in [0.2, 0.25) is 0 Å². The van der Waals surface area contributed by atoms with Gasteiger partial charge in [0.15, 0.2) is 0 Å². The third-order valence-electron chi connectivity index (χ3n) is 7.01. The molecule has 1 unspecified atom stereocenters. The second kappa shape index (κ2) is 13.9. The Balaban J connectivity index is 1.24. The Bertz CT molecular complexity index is 1260. The summed E-state index contributed by atoms with van der Waals surface area (Å²) < 4.78 is 15.3. The van der Waals surface area contributed by atoms with Crippen molar-refractivity contribution in [3.8, 4) is 0 Å². The van der Waals surface area contributed by atoms with Gasteiger partial charge in [-0.1, -0.05) is 0 Å². The van der Waals surface area contributed by atoms with Crippen molar-refractivity contribution in [2.45, 2.75) is 19.4 Å². The molecule has 2 aliphatic rings. The molecule has 0 bridgehead atoms. The zero-order valence-electron chi connectivity index (χ0n) is 23.3. The Labute approximate surface area is 238 Å². The highest BCUT2D eigenvalue weighted by Crippen LogP contribution is 2.23. The van der Waals surface area contributed by atoms with Crippen molar-refractivity contribution in [3.05, 3.63) is 65.2 Å². The van der Waals surface area contributed by atoms with E-state index in [1.165, 1.54) is 31.4 Å². The van der Waals surface area contributed by atoms with Crippen LogP contribution in [0.3, 0.4) is 0 Å². The summed E-state index contributed by atoms with van der Waals surface area (Å²) in [6.45, 7) is 7.26. The lowest BCUT2D eigenvalue weighted by atomic mass is 10.1. The van der Waals surface area contributed by atoms with Crippen LogP contribution < -0.4 is 10.2 Å². The highest BCUT2D eigenvalue weighted by Gasteiger charge is 2.34. The van der Waals surface area contributed by atoms with E-state index in [1.807, 2.05) is 0 Å². The molecular weight excluding hydrogens is 530 g/mol. The van der Waals surface area contributed by atoms with Crippen molar-refractivity contribution in [1.29, 1.82) is 5.41 Å². The van der Waals surface area contributed by atoms with Crippen molar-refractivity contribution in [3.63, 3.8) is 0 Å². The van der Waals surface area contributed by atoms with Gasteiger partial charge in [-0.25, -0.2) is 9.59 Å². The van der Waals surface area contributed by atoms with Crippen molar-refractivity contribution >= 4 is 35.5 Å². The molecule has 2 saturated heterocycles. The van der Waals surface area contributed by atoms with Crippen LogP contribution >= 0.6 is 0 Å². The summed E-state index contributed by atoms with van der Waals surface area (Å²) in [7, 11) is 1.28. The number of hydrogen-bond donors (Lipinski definition) is 2. The molecule has 0 radical (unpaired) electrons. The molecule has 12 nitrogen and oxygen atoms in total. The zero-order valence-corrected chi connectivity index (χ0v) is 23.3. The van der Waals surface area contributed by atoms with Crippen molar-refractivity contribution < 1.29 is 33.4 Å². The number of amidine groups is 1. The molecular formula is C29H35N5O7. The number of piperazine rings is 1. The maximum atomic E-state index is 12.6. The van der Waals surface area contributed by atoms with Crippen LogP contribution in [-0.2, 0) is 19.0 Å². The van der Waals surface area contributed by atoms with Gasteiger partial charge >= 0.3 is 18.0 Å². The number of nitrogens with one attached hydrogen (secondary N) is 2. The first-order valence-corrected chi connectivity index (χ1v) is 13.5. The smallest absolute Gasteiger partial charge is 0.414 e. The number of anilines is 1. The van der Waals surface area contributed by atoms with Gasteiger partial charge < -0.3 is 24.4 Å². The van der Waals surface area contributed by atoms with Gasteiger partial charge in [-0.05, 0) is 55.5 Å². The molecule has 2 aromatic rings. The predicted molar refractivity (Wildman–Crippen MR) is 150 cm³/mol. The Morgan fingerprint density at radius 1 is 0.951 bits per heavy atom. The summed E-state index contributed by atoms with van der Waals surface area (Å²) in [5.41, 5.74) is 1.73. The fraction of sp³-hybridized carbons (Fsp3) is 0.414. The number of methoxy groups -OCH3 is 1. The van der Waals surface area contributed by atoms with Crippen LogP contribution in [0.5, 0.6) is 0 Å². The van der Waals surface area contributed by atoms with E-state index >= 15 is 0 Å². The van der Waals surface area contributed by atoms with Gasteiger partial charge in [-0.2, -0.15) is 0 Å². The largest absolute Gasteiger partial charge is 0.466 e. The molecule has 2 fully saturated rings. The first-order chi connectivity index (χ1) is 19.8. The molecule has 2 aliphatic heterocycles. The summed E-state index contributed by atoms with van der Waals surface area (Å²) in [6, 6.07) is 12.7. The van der Waals surface area contributed by atoms with E-state index in [-0.39, 0.29) is 17.9 Å². The van der Waals surface area contributed by atoms with E-state index in [0.717, 1.165) is 26.2 Å². The molecule has 0 aromatic heterocycles. The second-order valence-electron chi connectivity index (χ2n) is 9.76. The summed E-state index contributed by atoms with van der Waals surface area (Å²) >= 11 is 0. The van der Waals surface area contributed by atoms with E-state index in [4.69, 9.17) is 14.9 Å². The molecule has 0 saturated carbocycles. The van der Waals surface area contributed by atoms with Crippen LogP contribution in [0.1, 0.15) is 39.6 Å². The molecule has 2 N–H and O–H groups in total. The normalized spacial score (nSPS) is 17.6. The average Bonchev–Trinajstić information content (AvgIpc) is 3.36. The van der Waals surface area contributed by atoms with E-state index < -0.39 is 18.0 Å². The first kappa shape index (κ1) is 29.7. The minimum Gasteiger partial charge on any atom is -0.466 e. The van der Waals surface area contributed by atoms with Crippen LogP contribution in [0.25, 0.3) is 0 Å². The Morgan fingerprint density at radius 3 is 2.20 bits per heavy atom. The Morgan fingerprint density at radius 2 is 1.56 bits per heavy atom. The van der Waals surface area contributed by atoms with Gasteiger partial charge in [-0.15, -0.1) is 0 Å². The summed E-state index contributed by atoms with van der Waals surface area (Å²) in [4.78, 5) is 54.4. The minimum absolute atomic E-state index is 0.0955. The highest BCUT2D eigenvalue weighted by molar-refractivity contribution is 6.11. The van der Waals surface area contributed by atoms with Crippen LogP contribution in [0.4, 0.5) is 10.5 Å². The molecule has 2 heterocycles.